The summed E-state index contributed by atoms with van der Waals surface area (Å²) in [5.41, 5.74) is 0. The predicted octanol–water partition coefficient (Wildman–Crippen LogP) is 2.14. The van der Waals surface area contributed by atoms with Crippen LogP contribution in [0.25, 0.3) is 0 Å². The Kier molecular flexibility index (Phi) is 10.8. The van der Waals surface area contributed by atoms with E-state index in [1.807, 2.05) is 0 Å². The van der Waals surface area contributed by atoms with Gasteiger partial charge in [0, 0.05) is 19.0 Å². The molecule has 1 heterocycles. The molecule has 0 radical (unpaired) electrons. The van der Waals surface area contributed by atoms with Crippen LogP contribution in [0.15, 0.2) is 24.3 Å². The van der Waals surface area contributed by atoms with Gasteiger partial charge in [-0.3, -0.25) is 4.79 Å². The van der Waals surface area contributed by atoms with E-state index in [1.54, 1.807) is 0 Å². The highest BCUT2D eigenvalue weighted by molar-refractivity contribution is 5.76. The summed E-state index contributed by atoms with van der Waals surface area (Å²) >= 11 is 0. The normalized spacial score (nSPS) is 23.5. The van der Waals surface area contributed by atoms with Crippen molar-refractivity contribution in [3.8, 4) is 0 Å². The highest BCUT2D eigenvalue weighted by atomic mass is 16.1. The van der Waals surface area contributed by atoms with Gasteiger partial charge in [0.05, 0.1) is 0 Å². The molecule has 0 aromatic heterocycles. The summed E-state index contributed by atoms with van der Waals surface area (Å²) in [6, 6.07) is 0.147. The zero-order valence-corrected chi connectivity index (χ0v) is 13.4. The second kappa shape index (κ2) is 12.6. The molecule has 0 saturated carbocycles. The van der Waals surface area contributed by atoms with Crippen LogP contribution in [0.2, 0.25) is 0 Å². The van der Waals surface area contributed by atoms with Gasteiger partial charge in [0.1, 0.15) is 0 Å². The Morgan fingerprint density at radius 2 is 1.86 bits per heavy atom. The molecular formula is C17H31N3O. The summed E-state index contributed by atoms with van der Waals surface area (Å²) in [5, 5.41) is 9.88. The van der Waals surface area contributed by atoms with Crippen LogP contribution in [0.5, 0.6) is 0 Å². The monoisotopic (exact) mass is 293 g/mol. The molecule has 1 rings (SSSR count). The van der Waals surface area contributed by atoms with Crippen LogP contribution in [0, 0.1) is 0 Å². The number of hydrogen-bond acceptors (Lipinski definition) is 3. The first kappa shape index (κ1) is 17.9. The smallest absolute Gasteiger partial charge is 0.221 e. The van der Waals surface area contributed by atoms with Gasteiger partial charge in [0.25, 0.3) is 0 Å². The third-order valence-corrected chi connectivity index (χ3v) is 3.49. The quantitative estimate of drug-likeness (QED) is 0.696. The first-order valence-electron chi connectivity index (χ1n) is 8.35. The summed E-state index contributed by atoms with van der Waals surface area (Å²) in [6.45, 7) is 5.92. The Morgan fingerprint density at radius 1 is 1.05 bits per heavy atom. The molecule has 0 aromatic rings. The number of amides is 1. The van der Waals surface area contributed by atoms with Crippen LogP contribution in [-0.4, -0.2) is 38.1 Å². The lowest BCUT2D eigenvalue weighted by Gasteiger charge is -2.14. The Labute approximate surface area is 129 Å². The van der Waals surface area contributed by atoms with Crippen LogP contribution in [0.3, 0.4) is 0 Å². The van der Waals surface area contributed by atoms with Crippen molar-refractivity contribution in [2.24, 2.45) is 0 Å². The van der Waals surface area contributed by atoms with E-state index in [0.29, 0.717) is 6.42 Å². The Hall–Kier alpha value is -1.13. The zero-order chi connectivity index (χ0) is 15.2. The van der Waals surface area contributed by atoms with Crippen molar-refractivity contribution in [3.05, 3.63) is 24.3 Å². The van der Waals surface area contributed by atoms with Gasteiger partial charge in [-0.1, -0.05) is 31.2 Å². The maximum atomic E-state index is 11.9. The number of hydrogen-bond donors (Lipinski definition) is 3. The van der Waals surface area contributed by atoms with E-state index in [0.717, 1.165) is 51.9 Å². The first-order valence-corrected chi connectivity index (χ1v) is 8.35. The van der Waals surface area contributed by atoms with Crippen molar-refractivity contribution in [3.63, 3.8) is 0 Å². The average Bonchev–Trinajstić information content (AvgIpc) is 2.49. The van der Waals surface area contributed by atoms with E-state index in [-0.39, 0.29) is 11.9 Å². The van der Waals surface area contributed by atoms with Crippen LogP contribution in [0.1, 0.15) is 45.4 Å². The Balaban J connectivity index is 2.42. The lowest BCUT2D eigenvalue weighted by Crippen LogP contribution is -2.35. The van der Waals surface area contributed by atoms with Crippen LogP contribution in [0.4, 0.5) is 0 Å². The van der Waals surface area contributed by atoms with E-state index >= 15 is 0 Å². The summed E-state index contributed by atoms with van der Waals surface area (Å²) in [7, 11) is 0. The molecule has 0 bridgehead atoms. The molecule has 1 aliphatic rings. The molecule has 1 fully saturated rings. The number of allylic oxidation sites excluding steroid dienone is 3. The summed E-state index contributed by atoms with van der Waals surface area (Å²) in [5.74, 6) is 0.139. The van der Waals surface area contributed by atoms with E-state index in [4.69, 9.17) is 0 Å². The minimum absolute atomic E-state index is 0.139. The SMILES string of the molecule is CC/C=C\C/C=C\[C@@H]1CC(=O)NCCCNCCCCN1. The largest absolute Gasteiger partial charge is 0.356 e. The molecule has 3 N–H and O–H groups in total. The van der Waals surface area contributed by atoms with Gasteiger partial charge in [-0.25, -0.2) is 0 Å². The molecule has 1 atom stereocenters. The molecule has 4 heteroatoms. The molecule has 0 spiro atoms. The summed E-state index contributed by atoms with van der Waals surface area (Å²) < 4.78 is 0. The highest BCUT2D eigenvalue weighted by Gasteiger charge is 2.10. The Bertz CT molecular complexity index is 326. The van der Waals surface area contributed by atoms with Gasteiger partial charge in [-0.15, -0.1) is 0 Å². The molecule has 1 saturated heterocycles. The van der Waals surface area contributed by atoms with Gasteiger partial charge in [0.2, 0.25) is 5.91 Å². The minimum Gasteiger partial charge on any atom is -0.356 e. The van der Waals surface area contributed by atoms with Crippen molar-refractivity contribution >= 4 is 5.91 Å². The third-order valence-electron chi connectivity index (χ3n) is 3.49. The van der Waals surface area contributed by atoms with E-state index < -0.39 is 0 Å². The van der Waals surface area contributed by atoms with Crippen LogP contribution in [-0.2, 0) is 4.79 Å². The fraction of sp³-hybridized carbons (Fsp3) is 0.706. The van der Waals surface area contributed by atoms with Gasteiger partial charge in [-0.05, 0) is 51.7 Å². The Morgan fingerprint density at radius 3 is 2.71 bits per heavy atom. The van der Waals surface area contributed by atoms with Crippen molar-refractivity contribution in [1.82, 2.24) is 16.0 Å². The molecule has 4 nitrogen and oxygen atoms in total. The average molecular weight is 293 g/mol. The fourth-order valence-corrected chi connectivity index (χ4v) is 2.29. The molecule has 0 unspecified atom stereocenters. The van der Waals surface area contributed by atoms with Crippen molar-refractivity contribution in [2.45, 2.75) is 51.5 Å². The zero-order valence-electron chi connectivity index (χ0n) is 13.4. The number of nitrogens with one attached hydrogen (secondary N) is 3. The third kappa shape index (κ3) is 10.3. The van der Waals surface area contributed by atoms with Crippen molar-refractivity contribution in [2.75, 3.05) is 26.2 Å². The van der Waals surface area contributed by atoms with Gasteiger partial charge in [0.15, 0.2) is 0 Å². The molecule has 0 aliphatic carbocycles. The number of carbonyl (C=O) groups excluding carboxylic acids is 1. The van der Waals surface area contributed by atoms with Gasteiger partial charge >= 0.3 is 0 Å². The summed E-state index contributed by atoms with van der Waals surface area (Å²) in [6.07, 6.45) is 14.5. The van der Waals surface area contributed by atoms with Gasteiger partial charge < -0.3 is 16.0 Å². The van der Waals surface area contributed by atoms with Crippen molar-refractivity contribution in [1.29, 1.82) is 0 Å². The lowest BCUT2D eigenvalue weighted by molar-refractivity contribution is -0.121. The molecule has 1 amide bonds. The maximum absolute atomic E-state index is 11.9. The minimum atomic E-state index is 0.139. The second-order valence-corrected chi connectivity index (χ2v) is 5.47. The molecule has 21 heavy (non-hydrogen) atoms. The van der Waals surface area contributed by atoms with Crippen LogP contribution < -0.4 is 16.0 Å². The second-order valence-electron chi connectivity index (χ2n) is 5.47. The number of carbonyl (C=O) groups is 1. The van der Waals surface area contributed by atoms with Gasteiger partial charge in [-0.2, -0.15) is 0 Å². The molecule has 120 valence electrons. The van der Waals surface area contributed by atoms with Crippen molar-refractivity contribution < 1.29 is 4.79 Å². The topological polar surface area (TPSA) is 53.2 Å². The maximum Gasteiger partial charge on any atom is 0.221 e. The highest BCUT2D eigenvalue weighted by Crippen LogP contribution is 1.99. The standard InChI is InChI=1S/C17H31N3O/c1-2-3-4-5-6-10-16-15-17(21)20-14-9-12-18-11-7-8-13-19-16/h3-4,6,10,16,18-19H,2,5,7-9,11-15H2,1H3,(H,20,21)/b4-3-,10-6-/t16-/m1/s1. The fourth-order valence-electron chi connectivity index (χ4n) is 2.29. The molecule has 1 aliphatic heterocycles. The number of rotatable bonds is 4. The predicted molar refractivity (Wildman–Crippen MR) is 89.3 cm³/mol. The summed E-state index contributed by atoms with van der Waals surface area (Å²) in [4.78, 5) is 11.9. The van der Waals surface area contributed by atoms with E-state index in [1.165, 1.54) is 6.42 Å². The van der Waals surface area contributed by atoms with Crippen LogP contribution >= 0.6 is 0 Å². The molecular weight excluding hydrogens is 262 g/mol. The molecule has 0 aromatic carbocycles. The lowest BCUT2D eigenvalue weighted by atomic mass is 10.1. The first-order chi connectivity index (χ1) is 10.3. The van der Waals surface area contributed by atoms with E-state index in [9.17, 15) is 4.79 Å². The van der Waals surface area contributed by atoms with E-state index in [2.05, 4.69) is 47.2 Å².